The minimum absolute atomic E-state index is 0.288. The van der Waals surface area contributed by atoms with Crippen molar-refractivity contribution >= 4 is 11.6 Å². The number of aliphatic hydroxyl groups is 1. The lowest BCUT2D eigenvalue weighted by Gasteiger charge is -2.27. The zero-order valence-corrected chi connectivity index (χ0v) is 12.9. The van der Waals surface area contributed by atoms with E-state index < -0.39 is 17.7 Å². The number of fused-ring (bicyclic) bond motifs is 1. The van der Waals surface area contributed by atoms with Crippen LogP contribution in [0.5, 0.6) is 0 Å². The quantitative estimate of drug-likeness (QED) is 0.778. The van der Waals surface area contributed by atoms with E-state index in [9.17, 15) is 13.9 Å². The number of nitrogens with zero attached hydrogens (tertiary/aromatic N) is 5. The Hall–Kier alpha value is -2.61. The first-order valence-corrected chi connectivity index (χ1v) is 7.60. The summed E-state index contributed by atoms with van der Waals surface area (Å²) in [7, 11) is 0. The summed E-state index contributed by atoms with van der Waals surface area (Å²) in [4.78, 5) is 10.3. The summed E-state index contributed by atoms with van der Waals surface area (Å²) in [6, 6.07) is 5.38. The molecule has 0 amide bonds. The molecule has 0 radical (unpaired) electrons. The smallest absolute Gasteiger partial charge is 0.254 e. The minimum atomic E-state index is -0.898. The lowest BCUT2D eigenvalue weighted by molar-refractivity contribution is 0.194. The predicted molar refractivity (Wildman–Crippen MR) is 82.6 cm³/mol. The topological polar surface area (TPSA) is 66.5 Å². The lowest BCUT2D eigenvalue weighted by Crippen LogP contribution is -2.27. The number of aromatic nitrogens is 4. The Labute approximate surface area is 136 Å². The van der Waals surface area contributed by atoms with Crippen molar-refractivity contribution in [2.24, 2.45) is 0 Å². The molecular formula is C16H15F2N5O. The Bertz CT molecular complexity index is 913. The van der Waals surface area contributed by atoms with Crippen molar-refractivity contribution in [2.45, 2.75) is 25.5 Å². The highest BCUT2D eigenvalue weighted by Gasteiger charge is 2.34. The first-order valence-electron chi connectivity index (χ1n) is 7.60. The summed E-state index contributed by atoms with van der Waals surface area (Å²) in [6.07, 6.45) is 1.25. The van der Waals surface area contributed by atoms with Gasteiger partial charge in [-0.05, 0) is 31.0 Å². The normalized spacial score (nSPS) is 20.9. The fraction of sp³-hybridized carbons (Fsp3) is 0.312. The molecule has 1 aromatic carbocycles. The molecule has 1 saturated heterocycles. The van der Waals surface area contributed by atoms with Crippen LogP contribution in [0, 0.1) is 18.6 Å². The van der Waals surface area contributed by atoms with Gasteiger partial charge in [0.15, 0.2) is 11.6 Å². The molecule has 0 aliphatic carbocycles. The van der Waals surface area contributed by atoms with Gasteiger partial charge < -0.3 is 10.0 Å². The molecule has 1 aliphatic heterocycles. The Kier molecular flexibility index (Phi) is 3.42. The zero-order chi connectivity index (χ0) is 16.8. The number of anilines is 1. The largest absolute Gasteiger partial charge is 0.391 e. The fourth-order valence-electron chi connectivity index (χ4n) is 3.22. The molecule has 3 aromatic rings. The molecule has 0 saturated carbocycles. The molecule has 8 heteroatoms. The van der Waals surface area contributed by atoms with E-state index in [1.54, 1.807) is 10.6 Å². The molecule has 24 heavy (non-hydrogen) atoms. The second kappa shape index (κ2) is 5.48. The van der Waals surface area contributed by atoms with Gasteiger partial charge in [-0.1, -0.05) is 6.07 Å². The monoisotopic (exact) mass is 331 g/mol. The molecule has 2 atom stereocenters. The second-order valence-electron chi connectivity index (χ2n) is 5.96. The van der Waals surface area contributed by atoms with Gasteiger partial charge in [-0.3, -0.25) is 0 Å². The first kappa shape index (κ1) is 14.9. The number of aliphatic hydroxyl groups excluding tert-OH is 1. The number of halogens is 2. The van der Waals surface area contributed by atoms with Crippen molar-refractivity contribution in [3.8, 4) is 0 Å². The maximum absolute atomic E-state index is 13.6. The van der Waals surface area contributed by atoms with Gasteiger partial charge in [-0.25, -0.2) is 13.8 Å². The summed E-state index contributed by atoms with van der Waals surface area (Å²) < 4.78 is 28.4. The third-order valence-electron chi connectivity index (χ3n) is 4.26. The number of aryl methyl sites for hydroxylation is 1. The molecule has 1 N–H and O–H groups in total. The third-order valence-corrected chi connectivity index (χ3v) is 4.26. The van der Waals surface area contributed by atoms with Gasteiger partial charge in [-0.15, -0.1) is 0 Å². The van der Waals surface area contributed by atoms with E-state index >= 15 is 0 Å². The number of benzene rings is 1. The van der Waals surface area contributed by atoms with Crippen molar-refractivity contribution in [1.82, 2.24) is 19.6 Å². The minimum Gasteiger partial charge on any atom is -0.391 e. The van der Waals surface area contributed by atoms with Crippen LogP contribution in [-0.4, -0.2) is 37.3 Å². The Morgan fingerprint density at radius 3 is 2.83 bits per heavy atom. The third kappa shape index (κ3) is 2.39. The number of hydrogen-bond acceptors (Lipinski definition) is 5. The van der Waals surface area contributed by atoms with Crippen LogP contribution < -0.4 is 4.90 Å². The van der Waals surface area contributed by atoms with Crippen molar-refractivity contribution < 1.29 is 13.9 Å². The van der Waals surface area contributed by atoms with E-state index in [0.717, 1.165) is 11.8 Å². The second-order valence-corrected chi connectivity index (χ2v) is 5.96. The Balaban J connectivity index is 1.82. The average Bonchev–Trinajstić information content (AvgIpc) is 3.15. The number of hydrogen-bond donors (Lipinski definition) is 1. The van der Waals surface area contributed by atoms with E-state index in [2.05, 4.69) is 15.1 Å². The van der Waals surface area contributed by atoms with E-state index in [4.69, 9.17) is 0 Å². The van der Waals surface area contributed by atoms with Gasteiger partial charge in [-0.2, -0.15) is 14.6 Å². The lowest BCUT2D eigenvalue weighted by atomic mass is 10.0. The van der Waals surface area contributed by atoms with Crippen LogP contribution in [-0.2, 0) is 0 Å². The first-order chi connectivity index (χ1) is 11.5. The summed E-state index contributed by atoms with van der Waals surface area (Å²) >= 11 is 0. The Morgan fingerprint density at radius 2 is 2.04 bits per heavy atom. The summed E-state index contributed by atoms with van der Waals surface area (Å²) in [5.74, 6) is -0.621. The molecule has 2 aromatic heterocycles. The molecule has 4 rings (SSSR count). The van der Waals surface area contributed by atoms with E-state index in [1.165, 1.54) is 12.4 Å². The van der Waals surface area contributed by atoms with Gasteiger partial charge in [0, 0.05) is 18.3 Å². The van der Waals surface area contributed by atoms with Crippen LogP contribution in [0.15, 0.2) is 30.6 Å². The summed E-state index contributed by atoms with van der Waals surface area (Å²) in [5.41, 5.74) is 1.36. The molecular weight excluding hydrogens is 316 g/mol. The molecule has 3 heterocycles. The van der Waals surface area contributed by atoms with Crippen LogP contribution in [0.4, 0.5) is 14.6 Å². The highest BCUT2D eigenvalue weighted by Crippen LogP contribution is 2.36. The van der Waals surface area contributed by atoms with Gasteiger partial charge in [0.2, 0.25) is 0 Å². The van der Waals surface area contributed by atoms with Crippen molar-refractivity contribution in [3.05, 3.63) is 53.5 Å². The van der Waals surface area contributed by atoms with Crippen LogP contribution in [0.1, 0.15) is 23.7 Å². The molecule has 0 unspecified atom stereocenters. The van der Waals surface area contributed by atoms with Crippen LogP contribution >= 0.6 is 0 Å². The molecule has 124 valence electrons. The van der Waals surface area contributed by atoms with Gasteiger partial charge in [0.05, 0.1) is 12.1 Å². The maximum atomic E-state index is 13.6. The average molecular weight is 331 g/mol. The standard InChI is InChI=1S/C16H15F2N5O/c1-9-4-15(23-16(21-9)19-8-20-23)22-7-11(24)6-14(22)10-2-3-12(17)13(18)5-10/h2-5,8,11,14,24H,6-7H2,1H3/t11-,14+/m1/s1. The summed E-state index contributed by atoms with van der Waals surface area (Å²) in [5, 5.41) is 14.3. The molecule has 1 aliphatic rings. The molecule has 0 bridgehead atoms. The SMILES string of the molecule is Cc1cc(N2C[C@H](O)C[C@H]2c2ccc(F)c(F)c2)n2ncnc2n1. The molecule has 6 nitrogen and oxygen atoms in total. The van der Waals surface area contributed by atoms with Crippen molar-refractivity contribution in [1.29, 1.82) is 0 Å². The van der Waals surface area contributed by atoms with Gasteiger partial charge in [0.25, 0.3) is 5.78 Å². The van der Waals surface area contributed by atoms with Crippen LogP contribution in [0.25, 0.3) is 5.78 Å². The highest BCUT2D eigenvalue weighted by atomic mass is 19.2. The summed E-state index contributed by atoms with van der Waals surface area (Å²) in [6.45, 7) is 2.21. The van der Waals surface area contributed by atoms with Crippen molar-refractivity contribution in [3.63, 3.8) is 0 Å². The van der Waals surface area contributed by atoms with E-state index in [1.807, 2.05) is 17.9 Å². The van der Waals surface area contributed by atoms with E-state index in [-0.39, 0.29) is 6.04 Å². The molecule has 0 spiro atoms. The highest BCUT2D eigenvalue weighted by molar-refractivity contribution is 5.50. The number of rotatable bonds is 2. The maximum Gasteiger partial charge on any atom is 0.254 e. The van der Waals surface area contributed by atoms with Gasteiger partial charge >= 0.3 is 0 Å². The van der Waals surface area contributed by atoms with Crippen LogP contribution in [0.2, 0.25) is 0 Å². The zero-order valence-electron chi connectivity index (χ0n) is 12.9. The van der Waals surface area contributed by atoms with Crippen molar-refractivity contribution in [2.75, 3.05) is 11.4 Å². The molecule has 1 fully saturated rings. The Morgan fingerprint density at radius 1 is 1.21 bits per heavy atom. The van der Waals surface area contributed by atoms with Crippen LogP contribution in [0.3, 0.4) is 0 Å². The van der Waals surface area contributed by atoms with E-state index in [0.29, 0.717) is 30.1 Å². The number of β-amino-alcohol motifs (C(OH)–C–C–N with tert-alkyl or cyclic N) is 1. The predicted octanol–water partition coefficient (Wildman–Crippen LogP) is 2.02. The van der Waals surface area contributed by atoms with Gasteiger partial charge in [0.1, 0.15) is 12.1 Å². The fourth-order valence-corrected chi connectivity index (χ4v) is 3.22.